The molecule has 0 spiro atoms. The normalized spacial score (nSPS) is 25.8. The number of ketones is 1. The summed E-state index contributed by atoms with van der Waals surface area (Å²) in [6.07, 6.45) is 3.28. The lowest BCUT2D eigenvalue weighted by atomic mass is 9.75. The van der Waals surface area contributed by atoms with Crippen molar-refractivity contribution in [3.63, 3.8) is 0 Å². The number of Topliss-reactive ketones (excluding diaryl/α,β-unsaturated/α-hetero) is 1. The van der Waals surface area contributed by atoms with Gasteiger partial charge in [0, 0.05) is 6.42 Å². The highest BCUT2D eigenvalue weighted by Gasteiger charge is 2.39. The summed E-state index contributed by atoms with van der Waals surface area (Å²) in [6, 6.07) is 6.34. The van der Waals surface area contributed by atoms with Gasteiger partial charge < -0.3 is 5.32 Å². The van der Waals surface area contributed by atoms with E-state index < -0.39 is 5.54 Å². The van der Waals surface area contributed by atoms with Crippen molar-refractivity contribution in [2.45, 2.75) is 31.2 Å². The monoisotopic (exact) mass is 221 g/mol. The average molecular weight is 221 g/mol. The summed E-state index contributed by atoms with van der Waals surface area (Å²) in [7, 11) is 1.77. The van der Waals surface area contributed by atoms with E-state index in [-0.39, 0.29) is 11.6 Å². The third-order valence-corrected chi connectivity index (χ3v) is 3.43. The minimum Gasteiger partial charge on any atom is -0.304 e. The zero-order valence-electron chi connectivity index (χ0n) is 9.42. The molecule has 1 aliphatic carbocycles. The quantitative estimate of drug-likeness (QED) is 0.830. The van der Waals surface area contributed by atoms with Crippen LogP contribution < -0.4 is 5.32 Å². The van der Waals surface area contributed by atoms with Gasteiger partial charge >= 0.3 is 0 Å². The molecule has 1 saturated carbocycles. The lowest BCUT2D eigenvalue weighted by Gasteiger charge is -2.36. The Morgan fingerprint density at radius 3 is 2.81 bits per heavy atom. The molecule has 1 aliphatic rings. The van der Waals surface area contributed by atoms with Crippen LogP contribution in [0.3, 0.4) is 0 Å². The highest BCUT2D eigenvalue weighted by atomic mass is 19.1. The second kappa shape index (κ2) is 4.34. The van der Waals surface area contributed by atoms with Crippen molar-refractivity contribution < 1.29 is 9.18 Å². The smallest absolute Gasteiger partial charge is 0.157 e. The van der Waals surface area contributed by atoms with Crippen molar-refractivity contribution in [2.75, 3.05) is 7.05 Å². The molecular weight excluding hydrogens is 205 g/mol. The highest BCUT2D eigenvalue weighted by Crippen LogP contribution is 2.34. The van der Waals surface area contributed by atoms with Crippen molar-refractivity contribution in [1.82, 2.24) is 5.32 Å². The second-order valence-electron chi connectivity index (χ2n) is 4.30. The van der Waals surface area contributed by atoms with Crippen LogP contribution in [0.5, 0.6) is 0 Å². The fraction of sp³-hybridized carbons (Fsp3) is 0.462. The van der Waals surface area contributed by atoms with Crippen LogP contribution in [0.25, 0.3) is 0 Å². The molecule has 0 saturated heterocycles. The minimum absolute atomic E-state index is 0.173. The summed E-state index contributed by atoms with van der Waals surface area (Å²) in [5.41, 5.74) is 0.0834. The lowest BCUT2D eigenvalue weighted by molar-refractivity contribution is -0.127. The molecule has 1 aromatic carbocycles. The topological polar surface area (TPSA) is 29.1 Å². The van der Waals surface area contributed by atoms with Crippen LogP contribution in [0.4, 0.5) is 4.39 Å². The number of hydrogen-bond donors (Lipinski definition) is 1. The van der Waals surface area contributed by atoms with Crippen LogP contribution in [0.2, 0.25) is 0 Å². The van der Waals surface area contributed by atoms with Gasteiger partial charge in [0.05, 0.1) is 0 Å². The van der Waals surface area contributed by atoms with E-state index in [1.807, 2.05) is 6.07 Å². The first-order valence-electron chi connectivity index (χ1n) is 5.67. The molecule has 1 atom stereocenters. The number of nitrogens with one attached hydrogen (secondary N) is 1. The van der Waals surface area contributed by atoms with Crippen molar-refractivity contribution in [3.8, 4) is 0 Å². The predicted molar refractivity (Wildman–Crippen MR) is 60.6 cm³/mol. The maximum atomic E-state index is 13.2. The number of carbonyl (C=O) groups is 1. The van der Waals surface area contributed by atoms with Gasteiger partial charge in [0.2, 0.25) is 0 Å². The maximum Gasteiger partial charge on any atom is 0.157 e. The molecule has 86 valence electrons. The number of rotatable bonds is 2. The fourth-order valence-corrected chi connectivity index (χ4v) is 2.50. The molecule has 16 heavy (non-hydrogen) atoms. The third-order valence-electron chi connectivity index (χ3n) is 3.43. The Morgan fingerprint density at radius 2 is 2.19 bits per heavy atom. The molecule has 1 aromatic rings. The van der Waals surface area contributed by atoms with Crippen molar-refractivity contribution in [2.24, 2.45) is 0 Å². The molecular formula is C13H16FNO. The van der Waals surface area contributed by atoms with Crippen molar-refractivity contribution >= 4 is 5.78 Å². The molecule has 3 heteroatoms. The van der Waals surface area contributed by atoms with E-state index in [1.54, 1.807) is 13.1 Å². The van der Waals surface area contributed by atoms with Gasteiger partial charge in [-0.3, -0.25) is 4.79 Å². The van der Waals surface area contributed by atoms with E-state index in [0.717, 1.165) is 24.8 Å². The summed E-state index contributed by atoms with van der Waals surface area (Å²) in [5.74, 6) is -0.114. The zero-order valence-corrected chi connectivity index (χ0v) is 9.42. The Kier molecular flexibility index (Phi) is 3.06. The molecule has 0 unspecified atom stereocenters. The summed E-state index contributed by atoms with van der Waals surface area (Å²) in [4.78, 5) is 12.1. The van der Waals surface area contributed by atoms with E-state index in [1.165, 1.54) is 12.1 Å². The lowest BCUT2D eigenvalue weighted by Crippen LogP contribution is -2.49. The number of benzene rings is 1. The Labute approximate surface area is 94.9 Å². The largest absolute Gasteiger partial charge is 0.304 e. The van der Waals surface area contributed by atoms with Gasteiger partial charge in [-0.2, -0.15) is 0 Å². The van der Waals surface area contributed by atoms with Crippen LogP contribution in [-0.4, -0.2) is 12.8 Å². The summed E-state index contributed by atoms with van der Waals surface area (Å²) >= 11 is 0. The third kappa shape index (κ3) is 1.76. The standard InChI is InChI=1S/C13H16FNO/c1-15-13(8-3-2-7-12(13)16)10-5-4-6-11(14)9-10/h4-6,9,15H,2-3,7-8H2,1H3/t13-/m1/s1. The van der Waals surface area contributed by atoms with Gasteiger partial charge in [0.25, 0.3) is 0 Å². The predicted octanol–water partition coefficient (Wildman–Crippen LogP) is 2.38. The van der Waals surface area contributed by atoms with Gasteiger partial charge in [-0.1, -0.05) is 18.6 Å². The molecule has 2 rings (SSSR count). The molecule has 0 radical (unpaired) electrons. The molecule has 0 amide bonds. The number of carbonyl (C=O) groups excluding carboxylic acids is 1. The minimum atomic E-state index is -0.666. The molecule has 0 aromatic heterocycles. The van der Waals surface area contributed by atoms with Crippen molar-refractivity contribution in [3.05, 3.63) is 35.6 Å². The van der Waals surface area contributed by atoms with Crippen molar-refractivity contribution in [1.29, 1.82) is 0 Å². The summed E-state index contributed by atoms with van der Waals surface area (Å²) in [5, 5.41) is 3.09. The van der Waals surface area contributed by atoms with Crippen LogP contribution >= 0.6 is 0 Å². The first kappa shape index (κ1) is 11.3. The van der Waals surface area contributed by atoms with Crippen LogP contribution in [0.1, 0.15) is 31.2 Å². The molecule has 2 nitrogen and oxygen atoms in total. The Bertz CT molecular complexity index is 405. The number of halogens is 1. The van der Waals surface area contributed by atoms with Crippen LogP contribution in [-0.2, 0) is 10.3 Å². The van der Waals surface area contributed by atoms with Gasteiger partial charge in [0.1, 0.15) is 11.4 Å². The van der Waals surface area contributed by atoms with E-state index in [0.29, 0.717) is 6.42 Å². The molecule has 1 fully saturated rings. The molecule has 0 heterocycles. The van der Waals surface area contributed by atoms with E-state index in [2.05, 4.69) is 5.32 Å². The van der Waals surface area contributed by atoms with E-state index in [4.69, 9.17) is 0 Å². The Balaban J connectivity index is 2.44. The maximum absolute atomic E-state index is 13.2. The van der Waals surface area contributed by atoms with E-state index in [9.17, 15) is 9.18 Å². The second-order valence-corrected chi connectivity index (χ2v) is 4.30. The van der Waals surface area contributed by atoms with Crippen LogP contribution in [0, 0.1) is 5.82 Å². The first-order chi connectivity index (χ1) is 7.69. The highest BCUT2D eigenvalue weighted by molar-refractivity contribution is 5.90. The van der Waals surface area contributed by atoms with Gasteiger partial charge in [0.15, 0.2) is 5.78 Å². The van der Waals surface area contributed by atoms with Gasteiger partial charge in [-0.05, 0) is 37.6 Å². The van der Waals surface area contributed by atoms with Gasteiger partial charge in [-0.15, -0.1) is 0 Å². The molecule has 0 bridgehead atoms. The Hall–Kier alpha value is -1.22. The zero-order chi connectivity index (χ0) is 11.6. The fourth-order valence-electron chi connectivity index (χ4n) is 2.50. The van der Waals surface area contributed by atoms with E-state index >= 15 is 0 Å². The molecule has 0 aliphatic heterocycles. The average Bonchev–Trinajstić information content (AvgIpc) is 2.30. The van der Waals surface area contributed by atoms with Gasteiger partial charge in [-0.25, -0.2) is 4.39 Å². The number of hydrogen-bond acceptors (Lipinski definition) is 2. The van der Waals surface area contributed by atoms with Crippen LogP contribution in [0.15, 0.2) is 24.3 Å². The summed E-state index contributed by atoms with van der Waals surface area (Å²) in [6.45, 7) is 0. The first-order valence-corrected chi connectivity index (χ1v) is 5.67. The Morgan fingerprint density at radius 1 is 1.38 bits per heavy atom. The number of likely N-dealkylation sites (N-methyl/N-ethyl adjacent to an activating group) is 1. The SMILES string of the molecule is CN[C@@]1(c2cccc(F)c2)CCCCC1=O. The summed E-state index contributed by atoms with van der Waals surface area (Å²) < 4.78 is 13.2. The molecule has 1 N–H and O–H groups in total.